The van der Waals surface area contributed by atoms with Crippen LogP contribution in [-0.4, -0.2) is 31.7 Å². The molecule has 34 heavy (non-hydrogen) atoms. The Hall–Kier alpha value is -4.05. The minimum absolute atomic E-state index is 0.110. The van der Waals surface area contributed by atoms with Gasteiger partial charge in [0.2, 0.25) is 10.0 Å². The minimum atomic E-state index is -3.53. The Morgan fingerprint density at radius 1 is 1.06 bits per heavy atom. The van der Waals surface area contributed by atoms with Crippen LogP contribution in [0.2, 0.25) is 0 Å². The maximum absolute atomic E-state index is 12.4. The van der Waals surface area contributed by atoms with Crippen molar-refractivity contribution in [1.82, 2.24) is 5.43 Å². The van der Waals surface area contributed by atoms with Crippen LogP contribution in [0.3, 0.4) is 0 Å². The number of benzene rings is 3. The van der Waals surface area contributed by atoms with Gasteiger partial charge in [0.05, 0.1) is 35.2 Å². The molecule has 0 atom stereocenters. The largest absolute Gasteiger partial charge is 0.278 e. The van der Waals surface area contributed by atoms with Crippen LogP contribution in [0.15, 0.2) is 71.8 Å². The number of carbonyl (C=O) groups excluding carboxylic acids is 1. The highest BCUT2D eigenvalue weighted by atomic mass is 32.2. The third kappa shape index (κ3) is 6.04. The predicted molar refractivity (Wildman–Crippen MR) is 132 cm³/mol. The number of hydrazone groups is 1. The average molecular weight is 481 g/mol. The smallest absolute Gasteiger partial charge is 0.267 e. The van der Waals surface area contributed by atoms with E-state index >= 15 is 0 Å². The van der Waals surface area contributed by atoms with Crippen molar-refractivity contribution < 1.29 is 18.1 Å². The molecule has 0 unspecified atom stereocenters. The summed E-state index contributed by atoms with van der Waals surface area (Å²) in [6, 6.07) is 18.0. The summed E-state index contributed by atoms with van der Waals surface area (Å²) < 4.78 is 26.1. The first-order chi connectivity index (χ1) is 16.1. The molecule has 0 bridgehead atoms. The first kappa shape index (κ1) is 24.6. The summed E-state index contributed by atoms with van der Waals surface area (Å²) in [6.07, 6.45) is 2.36. The van der Waals surface area contributed by atoms with Crippen molar-refractivity contribution in [1.29, 1.82) is 0 Å². The van der Waals surface area contributed by atoms with Crippen LogP contribution >= 0.6 is 0 Å². The number of rotatable bonds is 8. The van der Waals surface area contributed by atoms with E-state index in [0.717, 1.165) is 17.4 Å². The molecule has 0 aliphatic rings. The van der Waals surface area contributed by atoms with Crippen LogP contribution in [0.1, 0.15) is 32.6 Å². The zero-order valence-corrected chi connectivity index (χ0v) is 19.7. The average Bonchev–Trinajstić information content (AvgIpc) is 2.79. The van der Waals surface area contributed by atoms with Gasteiger partial charge in [-0.3, -0.25) is 19.2 Å². The van der Waals surface area contributed by atoms with Gasteiger partial charge >= 0.3 is 0 Å². The van der Waals surface area contributed by atoms with Crippen LogP contribution in [0.25, 0.3) is 0 Å². The van der Waals surface area contributed by atoms with Gasteiger partial charge in [0.15, 0.2) is 0 Å². The van der Waals surface area contributed by atoms with E-state index in [4.69, 9.17) is 0 Å². The number of sulfonamides is 1. The SMILES string of the molecule is Cc1ccc(N(Cc2ccc(C(=O)N/N=C\c3ccccc3[N+](=O)[O-])cc2)S(C)(=O)=O)cc1C. The summed E-state index contributed by atoms with van der Waals surface area (Å²) in [5, 5.41) is 14.9. The summed E-state index contributed by atoms with van der Waals surface area (Å²) in [6.45, 7) is 3.99. The highest BCUT2D eigenvalue weighted by Crippen LogP contribution is 2.23. The standard InChI is InChI=1S/C24H24N4O5S/c1-17-8-13-22(14-18(17)2)27(34(3,32)33)16-19-9-11-20(12-10-19)24(29)26-25-15-21-6-4-5-7-23(21)28(30)31/h4-15H,16H2,1-3H3,(H,26,29)/b25-15-. The topological polar surface area (TPSA) is 122 Å². The van der Waals surface area contributed by atoms with E-state index in [0.29, 0.717) is 16.8 Å². The molecule has 10 heteroatoms. The summed E-state index contributed by atoms with van der Waals surface area (Å²) in [4.78, 5) is 22.9. The van der Waals surface area contributed by atoms with Crippen LogP contribution in [0.4, 0.5) is 11.4 Å². The number of nitro groups is 1. The number of nitrogens with zero attached hydrogens (tertiary/aromatic N) is 3. The highest BCUT2D eigenvalue weighted by Gasteiger charge is 2.19. The van der Waals surface area contributed by atoms with Gasteiger partial charge in [-0.25, -0.2) is 13.8 Å². The number of anilines is 1. The second-order valence-corrected chi connectivity index (χ2v) is 9.66. The van der Waals surface area contributed by atoms with Crippen LogP contribution in [0.5, 0.6) is 0 Å². The molecule has 3 aromatic carbocycles. The van der Waals surface area contributed by atoms with Crippen LogP contribution in [-0.2, 0) is 16.6 Å². The second kappa shape index (κ2) is 10.3. The van der Waals surface area contributed by atoms with Crippen molar-refractivity contribution in [2.24, 2.45) is 5.10 Å². The molecule has 1 N–H and O–H groups in total. The lowest BCUT2D eigenvalue weighted by atomic mass is 10.1. The van der Waals surface area contributed by atoms with Gasteiger partial charge in [0.1, 0.15) is 0 Å². The van der Waals surface area contributed by atoms with Gasteiger partial charge in [-0.05, 0) is 60.9 Å². The highest BCUT2D eigenvalue weighted by molar-refractivity contribution is 7.92. The molecule has 0 aliphatic carbocycles. The third-order valence-corrected chi connectivity index (χ3v) is 6.36. The fourth-order valence-electron chi connectivity index (χ4n) is 3.20. The maximum atomic E-state index is 12.4. The number of nitrogens with one attached hydrogen (secondary N) is 1. The number of para-hydroxylation sites is 1. The lowest BCUT2D eigenvalue weighted by molar-refractivity contribution is -0.385. The fourth-order valence-corrected chi connectivity index (χ4v) is 4.08. The molecule has 0 fully saturated rings. The van der Waals surface area contributed by atoms with Gasteiger partial charge < -0.3 is 0 Å². The van der Waals surface area contributed by atoms with Crippen LogP contribution in [0, 0.1) is 24.0 Å². The number of carbonyl (C=O) groups is 1. The zero-order chi connectivity index (χ0) is 24.9. The van der Waals surface area contributed by atoms with Crippen molar-refractivity contribution in [3.8, 4) is 0 Å². The van der Waals surface area contributed by atoms with Gasteiger partial charge in [-0.1, -0.05) is 30.3 Å². The molecular weight excluding hydrogens is 456 g/mol. The van der Waals surface area contributed by atoms with Gasteiger partial charge in [0.25, 0.3) is 11.6 Å². The molecule has 0 saturated carbocycles. The first-order valence-electron chi connectivity index (χ1n) is 10.3. The third-order valence-electron chi connectivity index (χ3n) is 5.22. The Bertz CT molecular complexity index is 1350. The zero-order valence-electron chi connectivity index (χ0n) is 18.9. The molecule has 176 valence electrons. The number of amides is 1. The van der Waals surface area contributed by atoms with E-state index in [1.165, 1.54) is 22.7 Å². The Balaban J connectivity index is 1.72. The molecule has 3 rings (SSSR count). The van der Waals surface area contributed by atoms with Crippen molar-refractivity contribution >= 4 is 33.5 Å². The Kier molecular flexibility index (Phi) is 7.42. The molecule has 0 aromatic heterocycles. The molecule has 0 saturated heterocycles. The number of aryl methyl sites for hydroxylation is 2. The first-order valence-corrected chi connectivity index (χ1v) is 12.1. The van der Waals surface area contributed by atoms with Crippen LogP contribution < -0.4 is 9.73 Å². The molecule has 0 spiro atoms. The van der Waals surface area contributed by atoms with Gasteiger partial charge in [0, 0.05) is 11.6 Å². The number of hydrogen-bond acceptors (Lipinski definition) is 6. The summed E-state index contributed by atoms with van der Waals surface area (Å²) in [5.74, 6) is -0.504. The molecule has 1 amide bonds. The Labute approximate surface area is 197 Å². The minimum Gasteiger partial charge on any atom is -0.267 e. The van der Waals surface area contributed by atoms with E-state index < -0.39 is 20.9 Å². The lowest BCUT2D eigenvalue weighted by Crippen LogP contribution is -2.29. The van der Waals surface area contributed by atoms with Crippen molar-refractivity contribution in [3.05, 3.63) is 105 Å². The van der Waals surface area contributed by atoms with Crippen molar-refractivity contribution in [2.75, 3.05) is 10.6 Å². The van der Waals surface area contributed by atoms with E-state index in [2.05, 4.69) is 10.5 Å². The van der Waals surface area contributed by atoms with Crippen molar-refractivity contribution in [2.45, 2.75) is 20.4 Å². The Morgan fingerprint density at radius 3 is 2.35 bits per heavy atom. The molecule has 0 heterocycles. The van der Waals surface area contributed by atoms with E-state index in [1.54, 1.807) is 42.5 Å². The molecule has 0 aliphatic heterocycles. The molecule has 9 nitrogen and oxygen atoms in total. The van der Waals surface area contributed by atoms with E-state index in [-0.39, 0.29) is 17.8 Å². The van der Waals surface area contributed by atoms with E-state index in [9.17, 15) is 23.3 Å². The van der Waals surface area contributed by atoms with Gasteiger partial charge in [-0.2, -0.15) is 5.10 Å². The molecule has 3 aromatic rings. The summed E-state index contributed by atoms with van der Waals surface area (Å²) in [5.41, 5.74) is 6.10. The summed E-state index contributed by atoms with van der Waals surface area (Å²) >= 11 is 0. The quantitative estimate of drug-likeness (QED) is 0.297. The second-order valence-electron chi connectivity index (χ2n) is 7.75. The number of hydrogen-bond donors (Lipinski definition) is 1. The molecular formula is C24H24N4O5S. The molecule has 0 radical (unpaired) electrons. The monoisotopic (exact) mass is 480 g/mol. The fraction of sp³-hybridized carbons (Fsp3) is 0.167. The van der Waals surface area contributed by atoms with E-state index in [1.807, 2.05) is 26.0 Å². The Morgan fingerprint density at radius 2 is 1.74 bits per heavy atom. The predicted octanol–water partition coefficient (Wildman–Crippen LogP) is 3.94. The maximum Gasteiger partial charge on any atom is 0.278 e. The number of nitro benzene ring substituents is 1. The van der Waals surface area contributed by atoms with Gasteiger partial charge in [-0.15, -0.1) is 0 Å². The lowest BCUT2D eigenvalue weighted by Gasteiger charge is -2.23. The summed E-state index contributed by atoms with van der Waals surface area (Å²) in [7, 11) is -3.53. The normalized spacial score (nSPS) is 11.4. The van der Waals surface area contributed by atoms with Crippen molar-refractivity contribution in [3.63, 3.8) is 0 Å².